The third-order valence-electron chi connectivity index (χ3n) is 5.25. The number of primary amides is 1. The van der Waals surface area contributed by atoms with E-state index in [0.717, 1.165) is 0 Å². The number of pyridine rings is 1. The molecule has 11 heteroatoms. The third kappa shape index (κ3) is 4.63. The first-order chi connectivity index (χ1) is 15.8. The van der Waals surface area contributed by atoms with Crippen LogP contribution >= 0.6 is 23.8 Å². The number of nitrogens with zero attached hydrogens (tertiary/aromatic N) is 2. The van der Waals surface area contributed by atoms with Crippen molar-refractivity contribution in [2.75, 3.05) is 25.5 Å². The average Bonchev–Trinajstić information content (AvgIpc) is 3.24. The number of aromatic nitrogens is 1. The number of amides is 1. The second-order valence-electron chi connectivity index (χ2n) is 7.40. The molecule has 1 aromatic heterocycles. The van der Waals surface area contributed by atoms with Gasteiger partial charge in [-0.1, -0.05) is 11.6 Å². The number of aliphatic hydroxyl groups is 1. The highest BCUT2D eigenvalue weighted by atomic mass is 35.5. The van der Waals surface area contributed by atoms with Crippen LogP contribution in [0.15, 0.2) is 36.5 Å². The Kier molecular flexibility index (Phi) is 6.50. The first-order valence-electron chi connectivity index (χ1n) is 9.95. The Morgan fingerprint density at radius 1 is 1.33 bits per heavy atom. The number of anilines is 1. The molecule has 1 unspecified atom stereocenters. The van der Waals surface area contributed by atoms with Gasteiger partial charge in [-0.3, -0.25) is 9.78 Å². The van der Waals surface area contributed by atoms with E-state index in [9.17, 15) is 9.90 Å². The molecule has 0 saturated carbocycles. The van der Waals surface area contributed by atoms with E-state index < -0.39 is 17.8 Å². The van der Waals surface area contributed by atoms with Crippen molar-refractivity contribution in [2.24, 2.45) is 5.73 Å². The molecule has 172 valence electrons. The lowest BCUT2D eigenvalue weighted by molar-refractivity contribution is 0.0997. The van der Waals surface area contributed by atoms with Gasteiger partial charge in [0.2, 0.25) is 0 Å². The molecule has 0 bridgehead atoms. The number of methoxy groups -OCH3 is 1. The van der Waals surface area contributed by atoms with E-state index in [1.807, 2.05) is 0 Å². The van der Waals surface area contributed by atoms with Gasteiger partial charge in [0.1, 0.15) is 16.5 Å². The summed E-state index contributed by atoms with van der Waals surface area (Å²) in [7, 11) is 1.42. The van der Waals surface area contributed by atoms with Crippen molar-refractivity contribution >= 4 is 51.4 Å². The van der Waals surface area contributed by atoms with E-state index in [4.69, 9.17) is 39.0 Å². The maximum absolute atomic E-state index is 15.1. The van der Waals surface area contributed by atoms with Crippen LogP contribution in [0.2, 0.25) is 5.02 Å². The summed E-state index contributed by atoms with van der Waals surface area (Å²) >= 11 is 11.6. The molecule has 1 aliphatic heterocycles. The van der Waals surface area contributed by atoms with Gasteiger partial charge in [-0.2, -0.15) is 0 Å². The van der Waals surface area contributed by atoms with Crippen LogP contribution in [0.25, 0.3) is 10.9 Å². The standard InChI is InChI=1S/C22H20ClFN4O4S/c1-31-18-9-15-12(8-13(18)21(25)30)16(4-6-26-15)32-17-3-2-14(19(23)20(17)24)27-22(33)28-7-5-11(29)10-28/h2-4,6,8-9,11,29H,5,7,10H2,1H3,(H2,25,30)(H,27,33). The molecule has 1 fully saturated rings. The number of ether oxygens (including phenoxy) is 2. The number of β-amino-alcohol motifs (C(OH)–C–C–N with tert-alkyl or cyclic N) is 1. The van der Waals surface area contributed by atoms with Crippen molar-refractivity contribution in [2.45, 2.75) is 12.5 Å². The number of hydrogen-bond acceptors (Lipinski definition) is 6. The fourth-order valence-corrected chi connectivity index (χ4v) is 4.02. The van der Waals surface area contributed by atoms with Crippen molar-refractivity contribution in [1.29, 1.82) is 0 Å². The predicted molar refractivity (Wildman–Crippen MR) is 127 cm³/mol. The normalized spacial score (nSPS) is 15.5. The molecule has 2 aromatic carbocycles. The molecule has 1 aliphatic rings. The summed E-state index contributed by atoms with van der Waals surface area (Å²) < 4.78 is 26.1. The fraction of sp³-hybridized carbons (Fsp3) is 0.227. The first kappa shape index (κ1) is 23.0. The summed E-state index contributed by atoms with van der Waals surface area (Å²) in [6.07, 6.45) is 1.65. The molecule has 0 spiro atoms. The summed E-state index contributed by atoms with van der Waals surface area (Å²) in [5.74, 6) is -1.08. The van der Waals surface area contributed by atoms with Gasteiger partial charge in [-0.15, -0.1) is 0 Å². The molecule has 33 heavy (non-hydrogen) atoms. The summed E-state index contributed by atoms with van der Waals surface area (Å²) in [4.78, 5) is 17.8. The summed E-state index contributed by atoms with van der Waals surface area (Å²) in [5, 5.41) is 13.2. The Morgan fingerprint density at radius 3 is 2.79 bits per heavy atom. The SMILES string of the molecule is COc1cc2nccc(Oc3ccc(NC(=S)N4CCC(O)C4)c(Cl)c3F)c2cc1C(N)=O. The van der Waals surface area contributed by atoms with Gasteiger partial charge < -0.3 is 30.5 Å². The summed E-state index contributed by atoms with van der Waals surface area (Å²) in [6.45, 7) is 1.00. The monoisotopic (exact) mass is 490 g/mol. The van der Waals surface area contributed by atoms with E-state index in [1.54, 1.807) is 17.0 Å². The molecule has 1 saturated heterocycles. The van der Waals surface area contributed by atoms with Gasteiger partial charge in [-0.05, 0) is 42.9 Å². The average molecular weight is 491 g/mol. The molecule has 4 N–H and O–H groups in total. The van der Waals surface area contributed by atoms with Crippen molar-refractivity contribution in [3.05, 3.63) is 52.9 Å². The third-order valence-corrected chi connectivity index (χ3v) is 5.98. The molecule has 8 nitrogen and oxygen atoms in total. The number of thiocarbonyl (C=S) groups is 1. The highest BCUT2D eigenvalue weighted by Gasteiger charge is 2.23. The van der Waals surface area contributed by atoms with E-state index in [1.165, 1.54) is 31.5 Å². The molecule has 3 aromatic rings. The highest BCUT2D eigenvalue weighted by molar-refractivity contribution is 7.80. The molecule has 1 atom stereocenters. The zero-order chi connectivity index (χ0) is 23.7. The van der Waals surface area contributed by atoms with Crippen LogP contribution in [-0.4, -0.2) is 52.3 Å². The molecule has 0 aliphatic carbocycles. The maximum atomic E-state index is 15.1. The van der Waals surface area contributed by atoms with Gasteiger partial charge in [-0.25, -0.2) is 4.39 Å². The minimum atomic E-state index is -0.792. The van der Waals surface area contributed by atoms with Crippen LogP contribution in [0.5, 0.6) is 17.2 Å². The van der Waals surface area contributed by atoms with Crippen LogP contribution < -0.4 is 20.5 Å². The summed E-state index contributed by atoms with van der Waals surface area (Å²) in [6, 6.07) is 7.52. The number of nitrogens with one attached hydrogen (secondary N) is 1. The molecule has 2 heterocycles. The Bertz CT molecular complexity index is 1260. The number of benzene rings is 2. The lowest BCUT2D eigenvalue weighted by Gasteiger charge is -2.21. The number of fused-ring (bicyclic) bond motifs is 1. The molecule has 1 amide bonds. The van der Waals surface area contributed by atoms with Crippen LogP contribution in [0.4, 0.5) is 10.1 Å². The highest BCUT2D eigenvalue weighted by Crippen LogP contribution is 2.37. The Labute approximate surface area is 199 Å². The van der Waals surface area contributed by atoms with Crippen molar-refractivity contribution < 1.29 is 23.8 Å². The Hall–Kier alpha value is -3.21. The van der Waals surface area contributed by atoms with Crippen LogP contribution in [0, 0.1) is 5.82 Å². The number of halogens is 2. The number of hydrogen-bond donors (Lipinski definition) is 3. The molecule has 0 radical (unpaired) electrons. The van der Waals surface area contributed by atoms with Crippen LogP contribution in [0.1, 0.15) is 16.8 Å². The zero-order valence-corrected chi connectivity index (χ0v) is 19.0. The largest absolute Gasteiger partial charge is 0.496 e. The van der Waals surface area contributed by atoms with Crippen LogP contribution in [0.3, 0.4) is 0 Å². The molecule has 4 rings (SSSR count). The van der Waals surface area contributed by atoms with Crippen molar-refractivity contribution in [3.8, 4) is 17.2 Å². The van der Waals surface area contributed by atoms with Crippen LogP contribution in [-0.2, 0) is 0 Å². The zero-order valence-electron chi connectivity index (χ0n) is 17.5. The smallest absolute Gasteiger partial charge is 0.252 e. The van der Waals surface area contributed by atoms with Gasteiger partial charge in [0.15, 0.2) is 16.7 Å². The number of likely N-dealkylation sites (tertiary alicyclic amines) is 1. The number of carbonyl (C=O) groups is 1. The quantitative estimate of drug-likeness (QED) is 0.464. The Balaban J connectivity index is 1.63. The van der Waals surface area contributed by atoms with Crippen molar-refractivity contribution in [3.63, 3.8) is 0 Å². The topological polar surface area (TPSA) is 110 Å². The lowest BCUT2D eigenvalue weighted by atomic mass is 10.1. The molecular weight excluding hydrogens is 471 g/mol. The summed E-state index contributed by atoms with van der Waals surface area (Å²) in [5.41, 5.74) is 6.33. The minimum absolute atomic E-state index is 0.128. The fourth-order valence-electron chi connectivity index (χ4n) is 3.54. The minimum Gasteiger partial charge on any atom is -0.496 e. The van der Waals surface area contributed by atoms with E-state index >= 15 is 4.39 Å². The van der Waals surface area contributed by atoms with E-state index in [2.05, 4.69) is 10.3 Å². The van der Waals surface area contributed by atoms with E-state index in [-0.39, 0.29) is 33.5 Å². The first-order valence-corrected chi connectivity index (χ1v) is 10.7. The maximum Gasteiger partial charge on any atom is 0.252 e. The number of aliphatic hydroxyl groups excluding tert-OH is 1. The number of carbonyl (C=O) groups excluding carboxylic acids is 1. The predicted octanol–water partition coefficient (Wildman–Crippen LogP) is 3.69. The number of rotatable bonds is 5. The van der Waals surface area contributed by atoms with E-state index in [0.29, 0.717) is 35.5 Å². The lowest BCUT2D eigenvalue weighted by Crippen LogP contribution is -2.33. The second kappa shape index (κ2) is 9.34. The van der Waals surface area contributed by atoms with Gasteiger partial charge >= 0.3 is 0 Å². The Morgan fingerprint density at radius 2 is 2.12 bits per heavy atom. The van der Waals surface area contributed by atoms with Gasteiger partial charge in [0.25, 0.3) is 5.91 Å². The second-order valence-corrected chi connectivity index (χ2v) is 8.17. The van der Waals surface area contributed by atoms with Gasteiger partial charge in [0, 0.05) is 30.7 Å². The molecular formula is C22H20ClFN4O4S. The van der Waals surface area contributed by atoms with Gasteiger partial charge in [0.05, 0.1) is 30.0 Å². The number of nitrogens with two attached hydrogens (primary N) is 1. The van der Waals surface area contributed by atoms with Crippen molar-refractivity contribution in [1.82, 2.24) is 9.88 Å².